The molecule has 1 saturated heterocycles. The lowest BCUT2D eigenvalue weighted by Gasteiger charge is -2.29. The number of rotatable bonds is 8. The van der Waals surface area contributed by atoms with Crippen LogP contribution in [0, 0.1) is 5.82 Å². The topological polar surface area (TPSA) is 39.5 Å². The Labute approximate surface area is 198 Å². The van der Waals surface area contributed by atoms with E-state index in [1.54, 1.807) is 12.1 Å². The molecule has 0 spiro atoms. The molecule has 2 aliphatic rings. The van der Waals surface area contributed by atoms with E-state index in [-0.39, 0.29) is 12.4 Å². The van der Waals surface area contributed by atoms with E-state index in [0.29, 0.717) is 16.7 Å². The SMILES string of the molecule is Fc1cc(Cl)ccc1COc1cccc(C2=CCN(Cc3nccn3C[C@@H]3CCO3)CC2)c1. The molecule has 0 radical (unpaired) electrons. The van der Waals surface area contributed by atoms with Gasteiger partial charge in [-0.1, -0.05) is 35.9 Å². The van der Waals surface area contributed by atoms with E-state index in [1.165, 1.54) is 11.6 Å². The molecule has 0 N–H and O–H groups in total. The molecule has 0 bridgehead atoms. The highest BCUT2D eigenvalue weighted by Crippen LogP contribution is 2.27. The summed E-state index contributed by atoms with van der Waals surface area (Å²) in [6, 6.07) is 12.6. The summed E-state index contributed by atoms with van der Waals surface area (Å²) in [4.78, 5) is 6.97. The van der Waals surface area contributed by atoms with Crippen LogP contribution < -0.4 is 4.74 Å². The van der Waals surface area contributed by atoms with Crippen molar-refractivity contribution in [3.05, 3.63) is 88.7 Å². The van der Waals surface area contributed by atoms with Crippen LogP contribution in [-0.2, 0) is 24.4 Å². The third-order valence-electron chi connectivity index (χ3n) is 6.27. The van der Waals surface area contributed by atoms with E-state index in [4.69, 9.17) is 21.1 Å². The average Bonchev–Trinajstić information content (AvgIpc) is 3.23. The van der Waals surface area contributed by atoms with Crippen LogP contribution in [0.25, 0.3) is 5.57 Å². The number of benzene rings is 2. The van der Waals surface area contributed by atoms with E-state index in [0.717, 1.165) is 62.8 Å². The lowest BCUT2D eigenvalue weighted by molar-refractivity contribution is -0.0597. The summed E-state index contributed by atoms with van der Waals surface area (Å²) in [6.45, 7) is 4.61. The summed E-state index contributed by atoms with van der Waals surface area (Å²) in [7, 11) is 0. The van der Waals surface area contributed by atoms with Crippen LogP contribution in [0.15, 0.2) is 60.9 Å². The molecular formula is C26H27ClFN3O2. The van der Waals surface area contributed by atoms with Crippen molar-refractivity contribution in [2.75, 3.05) is 19.7 Å². The second-order valence-corrected chi connectivity index (χ2v) is 8.98. The van der Waals surface area contributed by atoms with Gasteiger partial charge < -0.3 is 14.0 Å². The van der Waals surface area contributed by atoms with Gasteiger partial charge in [0, 0.05) is 42.7 Å². The monoisotopic (exact) mass is 467 g/mol. The molecule has 2 aliphatic heterocycles. The Morgan fingerprint density at radius 3 is 2.88 bits per heavy atom. The highest BCUT2D eigenvalue weighted by molar-refractivity contribution is 6.30. The Morgan fingerprint density at radius 1 is 1.21 bits per heavy atom. The van der Waals surface area contributed by atoms with Crippen LogP contribution in [0.5, 0.6) is 5.75 Å². The lowest BCUT2D eigenvalue weighted by atomic mass is 9.99. The first-order valence-electron chi connectivity index (χ1n) is 11.3. The van der Waals surface area contributed by atoms with Crippen LogP contribution in [0.3, 0.4) is 0 Å². The van der Waals surface area contributed by atoms with E-state index in [1.807, 2.05) is 30.6 Å². The van der Waals surface area contributed by atoms with Crippen molar-refractivity contribution in [3.8, 4) is 5.75 Å². The molecule has 33 heavy (non-hydrogen) atoms. The Balaban J connectivity index is 1.18. The van der Waals surface area contributed by atoms with Crippen LogP contribution in [0.1, 0.15) is 29.8 Å². The Hall–Kier alpha value is -2.67. The summed E-state index contributed by atoms with van der Waals surface area (Å²) < 4.78 is 27.6. The zero-order chi connectivity index (χ0) is 22.6. The van der Waals surface area contributed by atoms with Gasteiger partial charge in [-0.25, -0.2) is 9.37 Å². The second-order valence-electron chi connectivity index (χ2n) is 8.54. The standard InChI is InChI=1S/C26H27ClFN3O2/c27-22-5-4-21(25(28)15-22)18-33-23-3-1-2-20(14-23)19-6-10-30(11-7-19)17-26-29-9-12-31(26)16-24-8-13-32-24/h1-6,9,12,14-15,24H,7-8,10-11,13,16-18H2/t24-/m0/s1. The predicted octanol–water partition coefficient (Wildman–Crippen LogP) is 5.33. The minimum Gasteiger partial charge on any atom is -0.489 e. The number of halogens is 2. The van der Waals surface area contributed by atoms with Crippen molar-refractivity contribution in [1.29, 1.82) is 0 Å². The average molecular weight is 468 g/mol. The number of aromatic nitrogens is 2. The van der Waals surface area contributed by atoms with E-state index in [9.17, 15) is 4.39 Å². The van der Waals surface area contributed by atoms with Crippen LogP contribution in [-0.4, -0.2) is 40.3 Å². The van der Waals surface area contributed by atoms with E-state index in [2.05, 4.69) is 26.6 Å². The first kappa shape index (κ1) is 22.1. The maximum Gasteiger partial charge on any atom is 0.131 e. The molecule has 172 valence electrons. The van der Waals surface area contributed by atoms with Crippen LogP contribution in [0.4, 0.5) is 4.39 Å². The molecule has 2 aromatic carbocycles. The fraction of sp³-hybridized carbons (Fsp3) is 0.346. The minimum absolute atomic E-state index is 0.165. The lowest BCUT2D eigenvalue weighted by Crippen LogP contribution is -2.33. The van der Waals surface area contributed by atoms with Crippen molar-refractivity contribution in [3.63, 3.8) is 0 Å². The molecule has 3 aromatic rings. The number of hydrogen-bond acceptors (Lipinski definition) is 4. The molecular weight excluding hydrogens is 441 g/mol. The summed E-state index contributed by atoms with van der Waals surface area (Å²) in [5, 5.41) is 0.382. The molecule has 1 atom stereocenters. The van der Waals surface area contributed by atoms with Crippen molar-refractivity contribution < 1.29 is 13.9 Å². The van der Waals surface area contributed by atoms with Crippen molar-refractivity contribution >= 4 is 17.2 Å². The van der Waals surface area contributed by atoms with Crippen molar-refractivity contribution in [2.45, 2.75) is 38.6 Å². The third-order valence-corrected chi connectivity index (χ3v) is 6.50. The molecule has 0 amide bonds. The summed E-state index contributed by atoms with van der Waals surface area (Å²) in [5.74, 6) is 1.46. The summed E-state index contributed by atoms with van der Waals surface area (Å²) in [5.41, 5.74) is 2.94. The van der Waals surface area contributed by atoms with E-state index >= 15 is 0 Å². The number of ether oxygens (including phenoxy) is 2. The molecule has 1 aromatic heterocycles. The molecule has 1 fully saturated rings. The zero-order valence-corrected chi connectivity index (χ0v) is 19.2. The van der Waals surface area contributed by atoms with Gasteiger partial charge in [0.2, 0.25) is 0 Å². The number of imidazole rings is 1. The normalized spacial score (nSPS) is 18.6. The van der Waals surface area contributed by atoms with Gasteiger partial charge in [0.15, 0.2) is 0 Å². The van der Waals surface area contributed by atoms with Crippen LogP contribution in [0.2, 0.25) is 5.02 Å². The maximum absolute atomic E-state index is 14.0. The summed E-state index contributed by atoms with van der Waals surface area (Å²) in [6.07, 6.45) is 8.62. The van der Waals surface area contributed by atoms with Gasteiger partial charge in [-0.15, -0.1) is 0 Å². The van der Waals surface area contributed by atoms with Crippen LogP contribution >= 0.6 is 11.6 Å². The minimum atomic E-state index is -0.352. The second kappa shape index (κ2) is 10.1. The molecule has 0 unspecified atom stereocenters. The Bertz CT molecular complexity index is 1140. The fourth-order valence-electron chi connectivity index (χ4n) is 4.21. The van der Waals surface area contributed by atoms with Gasteiger partial charge in [-0.05, 0) is 48.2 Å². The number of hydrogen-bond donors (Lipinski definition) is 0. The zero-order valence-electron chi connectivity index (χ0n) is 18.4. The van der Waals surface area contributed by atoms with Crippen molar-refractivity contribution in [1.82, 2.24) is 14.5 Å². The highest BCUT2D eigenvalue weighted by atomic mass is 35.5. The maximum atomic E-state index is 14.0. The van der Waals surface area contributed by atoms with E-state index < -0.39 is 0 Å². The van der Waals surface area contributed by atoms with Gasteiger partial charge in [0.25, 0.3) is 0 Å². The molecule has 0 saturated carbocycles. The quantitative estimate of drug-likeness (QED) is 0.448. The Morgan fingerprint density at radius 2 is 2.12 bits per heavy atom. The smallest absolute Gasteiger partial charge is 0.131 e. The van der Waals surface area contributed by atoms with Gasteiger partial charge in [0.1, 0.15) is 24.0 Å². The van der Waals surface area contributed by atoms with Gasteiger partial charge in [-0.3, -0.25) is 4.90 Å². The van der Waals surface area contributed by atoms with Gasteiger partial charge in [0.05, 0.1) is 19.2 Å². The Kier molecular flexibility index (Phi) is 6.76. The summed E-state index contributed by atoms with van der Waals surface area (Å²) >= 11 is 5.83. The fourth-order valence-corrected chi connectivity index (χ4v) is 4.37. The number of nitrogens with zero attached hydrogens (tertiary/aromatic N) is 3. The molecule has 0 aliphatic carbocycles. The molecule has 5 nitrogen and oxygen atoms in total. The molecule has 5 rings (SSSR count). The largest absolute Gasteiger partial charge is 0.489 e. The van der Waals surface area contributed by atoms with Crippen molar-refractivity contribution in [2.24, 2.45) is 0 Å². The van der Waals surface area contributed by atoms with Gasteiger partial charge >= 0.3 is 0 Å². The third kappa shape index (κ3) is 5.46. The molecule has 3 heterocycles. The molecule has 7 heteroatoms. The first-order valence-corrected chi connectivity index (χ1v) is 11.7. The predicted molar refractivity (Wildman–Crippen MR) is 127 cm³/mol. The highest BCUT2D eigenvalue weighted by Gasteiger charge is 2.21. The first-order chi connectivity index (χ1) is 16.1. The van der Waals surface area contributed by atoms with Gasteiger partial charge in [-0.2, -0.15) is 0 Å².